The van der Waals surface area contributed by atoms with Crippen molar-refractivity contribution in [1.29, 1.82) is 0 Å². The number of H-pyrrole nitrogens is 1. The summed E-state index contributed by atoms with van der Waals surface area (Å²) in [5, 5.41) is 7.76. The summed E-state index contributed by atoms with van der Waals surface area (Å²) in [5.74, 6) is -0.0341. The molecule has 4 heterocycles. The molecule has 0 spiro atoms. The molecule has 1 aliphatic rings. The lowest BCUT2D eigenvalue weighted by molar-refractivity contribution is 0.0621. The van der Waals surface area contributed by atoms with E-state index in [2.05, 4.69) is 26.3 Å². The van der Waals surface area contributed by atoms with Crippen LogP contribution in [0.3, 0.4) is 0 Å². The molecule has 30 heavy (non-hydrogen) atoms. The first-order chi connectivity index (χ1) is 14.7. The number of hydrogen-bond donors (Lipinski definition) is 1. The number of carbonyl (C=O) groups is 1. The normalized spacial score (nSPS) is 15.0. The number of nitrogens with zero attached hydrogens (tertiary/aromatic N) is 5. The van der Waals surface area contributed by atoms with Gasteiger partial charge in [-0.15, -0.1) is 0 Å². The summed E-state index contributed by atoms with van der Waals surface area (Å²) in [4.78, 5) is 21.8. The van der Waals surface area contributed by atoms with E-state index < -0.39 is 0 Å². The highest BCUT2D eigenvalue weighted by atomic mass is 35.5. The number of nitrogens with one attached hydrogen (secondary N) is 1. The quantitative estimate of drug-likeness (QED) is 0.549. The van der Waals surface area contributed by atoms with Crippen molar-refractivity contribution in [3.8, 4) is 11.3 Å². The van der Waals surface area contributed by atoms with E-state index >= 15 is 0 Å². The van der Waals surface area contributed by atoms with Crippen molar-refractivity contribution in [3.05, 3.63) is 77.3 Å². The number of piperazine rings is 1. The molecule has 1 aliphatic heterocycles. The lowest BCUT2D eigenvalue weighted by Gasteiger charge is -2.34. The van der Waals surface area contributed by atoms with Gasteiger partial charge in [-0.25, -0.2) is 4.98 Å². The molecule has 0 atom stereocenters. The highest BCUT2D eigenvalue weighted by Crippen LogP contribution is 2.26. The van der Waals surface area contributed by atoms with Gasteiger partial charge in [0.25, 0.3) is 5.91 Å². The number of amides is 1. The van der Waals surface area contributed by atoms with Crippen LogP contribution in [0.25, 0.3) is 16.9 Å². The zero-order chi connectivity index (χ0) is 20.5. The van der Waals surface area contributed by atoms with Gasteiger partial charge >= 0.3 is 0 Å². The Bertz CT molecular complexity index is 1160. The summed E-state index contributed by atoms with van der Waals surface area (Å²) in [6.45, 7) is 3.75. The van der Waals surface area contributed by atoms with Crippen LogP contribution in [0.2, 0.25) is 5.02 Å². The fourth-order valence-corrected chi connectivity index (χ4v) is 4.04. The van der Waals surface area contributed by atoms with Crippen molar-refractivity contribution in [3.63, 3.8) is 0 Å². The Labute approximate surface area is 178 Å². The van der Waals surface area contributed by atoms with Crippen molar-refractivity contribution >= 4 is 23.2 Å². The minimum absolute atomic E-state index is 0.0341. The Morgan fingerprint density at radius 1 is 1.07 bits per heavy atom. The zero-order valence-electron chi connectivity index (χ0n) is 16.3. The Balaban J connectivity index is 1.21. The molecule has 1 aromatic carbocycles. The number of pyridine rings is 1. The minimum Gasteiger partial charge on any atom is -0.335 e. The third-order valence-corrected chi connectivity index (χ3v) is 5.75. The van der Waals surface area contributed by atoms with Crippen molar-refractivity contribution in [1.82, 2.24) is 29.4 Å². The number of carbonyl (C=O) groups excluding carboxylic acids is 1. The predicted molar refractivity (Wildman–Crippen MR) is 115 cm³/mol. The maximum Gasteiger partial charge on any atom is 0.271 e. The summed E-state index contributed by atoms with van der Waals surface area (Å²) in [6, 6.07) is 15.2. The molecule has 1 amide bonds. The number of imidazole rings is 1. The fraction of sp³-hybridized carbons (Fsp3) is 0.227. The summed E-state index contributed by atoms with van der Waals surface area (Å²) in [7, 11) is 0. The van der Waals surface area contributed by atoms with E-state index in [-0.39, 0.29) is 5.91 Å². The molecule has 7 nitrogen and oxygen atoms in total. The van der Waals surface area contributed by atoms with Crippen LogP contribution in [0.15, 0.2) is 60.9 Å². The van der Waals surface area contributed by atoms with Crippen LogP contribution in [-0.4, -0.2) is 61.5 Å². The third-order valence-electron chi connectivity index (χ3n) is 5.42. The van der Waals surface area contributed by atoms with Gasteiger partial charge in [-0.1, -0.05) is 35.9 Å². The van der Waals surface area contributed by atoms with Gasteiger partial charge in [-0.3, -0.25) is 14.8 Å². The number of rotatable bonds is 4. The smallest absolute Gasteiger partial charge is 0.271 e. The molecular formula is C22H21ClN6O. The van der Waals surface area contributed by atoms with Gasteiger partial charge in [0.1, 0.15) is 11.3 Å². The maximum atomic E-state index is 12.9. The van der Waals surface area contributed by atoms with Gasteiger partial charge in [0.2, 0.25) is 0 Å². The lowest BCUT2D eigenvalue weighted by Crippen LogP contribution is -2.48. The summed E-state index contributed by atoms with van der Waals surface area (Å²) in [5.41, 5.74) is 3.97. The molecule has 5 rings (SSSR count). The van der Waals surface area contributed by atoms with Gasteiger partial charge in [0.05, 0.1) is 16.4 Å². The summed E-state index contributed by atoms with van der Waals surface area (Å²) in [6.07, 6.45) is 4.07. The number of fused-ring (bicyclic) bond motifs is 1. The number of benzene rings is 1. The topological polar surface area (TPSA) is 69.5 Å². The van der Waals surface area contributed by atoms with E-state index in [4.69, 9.17) is 11.6 Å². The van der Waals surface area contributed by atoms with Crippen molar-refractivity contribution in [2.24, 2.45) is 0 Å². The van der Waals surface area contributed by atoms with Crippen LogP contribution in [-0.2, 0) is 6.54 Å². The number of aromatic amines is 1. The Morgan fingerprint density at radius 2 is 1.87 bits per heavy atom. The number of halogens is 1. The van der Waals surface area contributed by atoms with Crippen LogP contribution in [0.4, 0.5) is 0 Å². The van der Waals surface area contributed by atoms with Crippen LogP contribution < -0.4 is 0 Å². The van der Waals surface area contributed by atoms with Crippen molar-refractivity contribution < 1.29 is 4.79 Å². The second kappa shape index (κ2) is 7.93. The fourth-order valence-electron chi connectivity index (χ4n) is 3.81. The van der Waals surface area contributed by atoms with E-state index in [1.54, 1.807) is 6.07 Å². The highest BCUT2D eigenvalue weighted by molar-refractivity contribution is 6.33. The molecule has 152 valence electrons. The first kappa shape index (κ1) is 18.8. The van der Waals surface area contributed by atoms with Crippen LogP contribution in [0.1, 0.15) is 16.2 Å². The molecule has 1 saturated heterocycles. The standard InChI is InChI=1S/C22H21ClN6O/c23-18-6-2-1-5-17(18)19-13-20(26-25-19)22(30)28-11-9-27(10-12-28)14-16-15-29-8-4-3-7-21(29)24-16/h1-8,13,15H,9-12,14H2,(H,25,26). The average Bonchev–Trinajstić information content (AvgIpc) is 3.41. The molecule has 8 heteroatoms. The van der Waals surface area contributed by atoms with Crippen LogP contribution in [0, 0.1) is 0 Å². The lowest BCUT2D eigenvalue weighted by atomic mass is 10.1. The molecule has 0 unspecified atom stereocenters. The monoisotopic (exact) mass is 420 g/mol. The summed E-state index contributed by atoms with van der Waals surface area (Å²) >= 11 is 6.24. The van der Waals surface area contributed by atoms with E-state index in [9.17, 15) is 4.79 Å². The molecule has 1 fully saturated rings. The van der Waals surface area contributed by atoms with E-state index in [0.29, 0.717) is 29.5 Å². The number of hydrogen-bond acceptors (Lipinski definition) is 4. The summed E-state index contributed by atoms with van der Waals surface area (Å²) < 4.78 is 2.03. The first-order valence-electron chi connectivity index (χ1n) is 9.92. The van der Waals surface area contributed by atoms with Crippen molar-refractivity contribution in [2.45, 2.75) is 6.54 Å². The average molecular weight is 421 g/mol. The molecule has 4 aromatic rings. The Morgan fingerprint density at radius 3 is 2.67 bits per heavy atom. The van der Waals surface area contributed by atoms with E-state index in [0.717, 1.165) is 36.5 Å². The molecule has 0 saturated carbocycles. The van der Waals surface area contributed by atoms with Gasteiger partial charge in [-0.2, -0.15) is 5.10 Å². The molecular weight excluding hydrogens is 400 g/mol. The van der Waals surface area contributed by atoms with Gasteiger partial charge in [0, 0.05) is 50.7 Å². The molecule has 0 radical (unpaired) electrons. The Kier molecular flexibility index (Phi) is 4.98. The van der Waals surface area contributed by atoms with Gasteiger partial charge < -0.3 is 9.30 Å². The van der Waals surface area contributed by atoms with Crippen LogP contribution >= 0.6 is 11.6 Å². The Hall–Kier alpha value is -3.16. The van der Waals surface area contributed by atoms with Crippen molar-refractivity contribution in [2.75, 3.05) is 26.2 Å². The second-order valence-corrected chi connectivity index (χ2v) is 7.82. The number of aromatic nitrogens is 4. The SMILES string of the molecule is O=C(c1cc(-c2ccccc2Cl)n[nH]1)N1CCN(Cc2cn3ccccc3n2)CC1. The van der Waals surface area contributed by atoms with Gasteiger partial charge in [-0.05, 0) is 24.3 Å². The zero-order valence-corrected chi connectivity index (χ0v) is 17.1. The van der Waals surface area contributed by atoms with E-state index in [1.165, 1.54) is 0 Å². The van der Waals surface area contributed by atoms with Gasteiger partial charge in [0.15, 0.2) is 0 Å². The predicted octanol–water partition coefficient (Wildman–Crippen LogP) is 3.34. The molecule has 0 aliphatic carbocycles. The minimum atomic E-state index is -0.0341. The van der Waals surface area contributed by atoms with Crippen LogP contribution in [0.5, 0.6) is 0 Å². The molecule has 0 bridgehead atoms. The second-order valence-electron chi connectivity index (χ2n) is 7.41. The highest BCUT2D eigenvalue weighted by Gasteiger charge is 2.24. The molecule has 1 N–H and O–H groups in total. The largest absolute Gasteiger partial charge is 0.335 e. The third kappa shape index (κ3) is 3.69. The molecule has 3 aromatic heterocycles. The van der Waals surface area contributed by atoms with E-state index in [1.807, 2.05) is 58.0 Å². The first-order valence-corrected chi connectivity index (χ1v) is 10.3. The maximum absolute atomic E-state index is 12.9.